The number of nitrogens with one attached hydrogen (secondary N) is 1. The minimum atomic E-state index is -0.104. The van der Waals surface area contributed by atoms with E-state index in [1.807, 2.05) is 37.3 Å². The number of carbonyl (C=O) groups is 1. The first-order chi connectivity index (χ1) is 12.2. The number of fused-ring (bicyclic) bond motifs is 2. The van der Waals surface area contributed by atoms with Gasteiger partial charge in [-0.15, -0.1) is 10.2 Å². The predicted octanol–water partition coefficient (Wildman–Crippen LogP) is 2.79. The van der Waals surface area contributed by atoms with Crippen LogP contribution in [-0.4, -0.2) is 25.7 Å². The Morgan fingerprint density at radius 2 is 2.08 bits per heavy atom. The number of aromatic nitrogens is 4. The molecule has 1 amide bonds. The summed E-state index contributed by atoms with van der Waals surface area (Å²) < 4.78 is 2.16. The highest BCUT2D eigenvalue weighted by Crippen LogP contribution is 2.19. The summed E-state index contributed by atoms with van der Waals surface area (Å²) in [5.41, 5.74) is 2.32. The Bertz CT molecular complexity index is 931. The molecule has 0 fully saturated rings. The van der Waals surface area contributed by atoms with Crippen molar-refractivity contribution in [1.29, 1.82) is 0 Å². The Morgan fingerprint density at radius 3 is 3.00 bits per heavy atom. The Balaban J connectivity index is 1.57. The predicted molar refractivity (Wildman–Crippen MR) is 95.2 cm³/mol. The molecule has 6 nitrogen and oxygen atoms in total. The zero-order chi connectivity index (χ0) is 17.2. The van der Waals surface area contributed by atoms with Gasteiger partial charge in [0.1, 0.15) is 5.82 Å². The molecule has 6 heteroatoms. The van der Waals surface area contributed by atoms with Gasteiger partial charge in [-0.05, 0) is 31.9 Å². The van der Waals surface area contributed by atoms with Gasteiger partial charge in [0.15, 0.2) is 5.82 Å². The fraction of sp³-hybridized carbons (Fsp3) is 0.368. The average Bonchev–Trinajstić information content (AvgIpc) is 2.85. The van der Waals surface area contributed by atoms with Gasteiger partial charge in [-0.1, -0.05) is 24.6 Å². The molecule has 0 aliphatic carbocycles. The zero-order valence-corrected chi connectivity index (χ0v) is 14.3. The molecular weight excluding hydrogens is 314 g/mol. The van der Waals surface area contributed by atoms with Crippen molar-refractivity contribution in [3.8, 4) is 0 Å². The molecule has 2 aromatic heterocycles. The van der Waals surface area contributed by atoms with Gasteiger partial charge in [-0.2, -0.15) is 0 Å². The van der Waals surface area contributed by atoms with E-state index < -0.39 is 0 Å². The van der Waals surface area contributed by atoms with Gasteiger partial charge < -0.3 is 9.88 Å². The summed E-state index contributed by atoms with van der Waals surface area (Å²) in [7, 11) is 0. The third kappa shape index (κ3) is 3.12. The SMILES string of the molecule is Cc1cc(C(=O)NCc2nnc3n2CCCCC3)c2ccccc2n1. The first-order valence-corrected chi connectivity index (χ1v) is 8.78. The van der Waals surface area contributed by atoms with E-state index in [0.717, 1.165) is 54.1 Å². The maximum Gasteiger partial charge on any atom is 0.252 e. The minimum Gasteiger partial charge on any atom is -0.345 e. The van der Waals surface area contributed by atoms with E-state index in [1.54, 1.807) is 0 Å². The maximum absolute atomic E-state index is 12.7. The quantitative estimate of drug-likeness (QED) is 0.799. The van der Waals surface area contributed by atoms with Crippen molar-refractivity contribution in [1.82, 2.24) is 25.1 Å². The fourth-order valence-electron chi connectivity index (χ4n) is 3.43. The van der Waals surface area contributed by atoms with Gasteiger partial charge in [-0.25, -0.2) is 0 Å². The van der Waals surface area contributed by atoms with E-state index in [1.165, 1.54) is 6.42 Å². The number of carbonyl (C=O) groups excluding carboxylic acids is 1. The first kappa shape index (κ1) is 15.7. The van der Waals surface area contributed by atoms with Gasteiger partial charge in [0, 0.05) is 24.0 Å². The van der Waals surface area contributed by atoms with E-state index >= 15 is 0 Å². The number of pyridine rings is 1. The average molecular weight is 335 g/mol. The molecule has 1 N–H and O–H groups in total. The monoisotopic (exact) mass is 335 g/mol. The Kier molecular flexibility index (Phi) is 4.17. The van der Waals surface area contributed by atoms with Gasteiger partial charge in [-0.3, -0.25) is 9.78 Å². The van der Waals surface area contributed by atoms with Crippen molar-refractivity contribution in [3.05, 3.63) is 53.2 Å². The van der Waals surface area contributed by atoms with Gasteiger partial charge >= 0.3 is 0 Å². The van der Waals surface area contributed by atoms with Crippen LogP contribution in [0.4, 0.5) is 0 Å². The van der Waals surface area contributed by atoms with Crippen LogP contribution in [0.15, 0.2) is 30.3 Å². The molecule has 1 aliphatic heterocycles. The van der Waals surface area contributed by atoms with Crippen LogP contribution in [0.5, 0.6) is 0 Å². The molecular formula is C19H21N5O. The van der Waals surface area contributed by atoms with Crippen molar-refractivity contribution >= 4 is 16.8 Å². The first-order valence-electron chi connectivity index (χ1n) is 8.78. The van der Waals surface area contributed by atoms with Crippen LogP contribution in [0, 0.1) is 6.92 Å². The van der Waals surface area contributed by atoms with Crippen LogP contribution in [0.3, 0.4) is 0 Å². The molecule has 4 rings (SSSR count). The number of para-hydroxylation sites is 1. The molecule has 0 radical (unpaired) electrons. The lowest BCUT2D eigenvalue weighted by Crippen LogP contribution is -2.25. The van der Waals surface area contributed by atoms with E-state index in [2.05, 4.69) is 25.1 Å². The molecule has 3 aromatic rings. The molecule has 0 bridgehead atoms. The minimum absolute atomic E-state index is 0.104. The number of aryl methyl sites for hydroxylation is 2. The second kappa shape index (κ2) is 6.63. The van der Waals surface area contributed by atoms with Gasteiger partial charge in [0.05, 0.1) is 17.6 Å². The summed E-state index contributed by atoms with van der Waals surface area (Å²) in [5, 5.41) is 12.4. The molecule has 0 saturated heterocycles. The van der Waals surface area contributed by atoms with Crippen molar-refractivity contribution in [2.45, 2.75) is 45.7 Å². The number of amides is 1. The second-order valence-electron chi connectivity index (χ2n) is 6.51. The van der Waals surface area contributed by atoms with Gasteiger partial charge in [0.25, 0.3) is 5.91 Å². The van der Waals surface area contributed by atoms with Crippen LogP contribution in [0.25, 0.3) is 10.9 Å². The summed E-state index contributed by atoms with van der Waals surface area (Å²) in [6.07, 6.45) is 4.49. The zero-order valence-electron chi connectivity index (χ0n) is 14.3. The lowest BCUT2D eigenvalue weighted by molar-refractivity contribution is 0.0951. The van der Waals surface area contributed by atoms with Crippen LogP contribution in [-0.2, 0) is 19.5 Å². The Hall–Kier alpha value is -2.76. The van der Waals surface area contributed by atoms with E-state index in [0.29, 0.717) is 12.1 Å². The summed E-state index contributed by atoms with van der Waals surface area (Å²) >= 11 is 0. The van der Waals surface area contributed by atoms with E-state index in [9.17, 15) is 4.79 Å². The Morgan fingerprint density at radius 1 is 1.20 bits per heavy atom. The number of nitrogens with zero attached hydrogens (tertiary/aromatic N) is 4. The topological polar surface area (TPSA) is 72.7 Å². The maximum atomic E-state index is 12.7. The summed E-state index contributed by atoms with van der Waals surface area (Å²) in [6.45, 7) is 3.23. The second-order valence-corrected chi connectivity index (χ2v) is 6.51. The lowest BCUT2D eigenvalue weighted by atomic mass is 10.1. The van der Waals surface area contributed by atoms with Crippen molar-refractivity contribution in [2.24, 2.45) is 0 Å². The van der Waals surface area contributed by atoms with E-state index in [-0.39, 0.29) is 5.91 Å². The van der Waals surface area contributed by atoms with Gasteiger partial charge in [0.2, 0.25) is 0 Å². The molecule has 0 saturated carbocycles. The molecule has 0 spiro atoms. The molecule has 3 heterocycles. The smallest absolute Gasteiger partial charge is 0.252 e. The molecule has 1 aliphatic rings. The van der Waals surface area contributed by atoms with Crippen LogP contribution in [0.1, 0.15) is 47.0 Å². The van der Waals surface area contributed by atoms with Crippen molar-refractivity contribution in [3.63, 3.8) is 0 Å². The third-order valence-electron chi connectivity index (χ3n) is 4.68. The largest absolute Gasteiger partial charge is 0.345 e. The number of benzene rings is 1. The molecule has 0 unspecified atom stereocenters. The highest BCUT2D eigenvalue weighted by Gasteiger charge is 2.16. The standard InChI is InChI=1S/C19H21N5O/c1-13-11-15(14-7-4-5-8-16(14)21-13)19(25)20-12-18-23-22-17-9-3-2-6-10-24(17)18/h4-5,7-8,11H,2-3,6,9-10,12H2,1H3,(H,20,25). The third-order valence-corrected chi connectivity index (χ3v) is 4.68. The molecule has 1 aromatic carbocycles. The van der Waals surface area contributed by atoms with Crippen LogP contribution in [0.2, 0.25) is 0 Å². The number of rotatable bonds is 3. The number of hydrogen-bond donors (Lipinski definition) is 1. The van der Waals surface area contributed by atoms with Crippen molar-refractivity contribution < 1.29 is 4.79 Å². The summed E-state index contributed by atoms with van der Waals surface area (Å²) in [5.74, 6) is 1.76. The molecule has 25 heavy (non-hydrogen) atoms. The molecule has 0 atom stereocenters. The fourth-order valence-corrected chi connectivity index (χ4v) is 3.43. The highest BCUT2D eigenvalue weighted by atomic mass is 16.1. The summed E-state index contributed by atoms with van der Waals surface area (Å²) in [6, 6.07) is 9.55. The lowest BCUT2D eigenvalue weighted by Gasteiger charge is -2.10. The number of hydrogen-bond acceptors (Lipinski definition) is 4. The summed E-state index contributed by atoms with van der Waals surface area (Å²) in [4.78, 5) is 17.2. The van der Waals surface area contributed by atoms with E-state index in [4.69, 9.17) is 0 Å². The normalized spacial score (nSPS) is 14.1. The highest BCUT2D eigenvalue weighted by molar-refractivity contribution is 6.06. The molecule has 128 valence electrons. The van der Waals surface area contributed by atoms with Crippen LogP contribution >= 0.6 is 0 Å². The van der Waals surface area contributed by atoms with Crippen LogP contribution < -0.4 is 5.32 Å². The Labute approximate surface area is 146 Å². The van der Waals surface area contributed by atoms with Crippen molar-refractivity contribution in [2.75, 3.05) is 0 Å².